The van der Waals surface area contributed by atoms with Crippen LogP contribution in [0.4, 0.5) is 10.5 Å². The first-order chi connectivity index (χ1) is 10.6. The molecule has 2 aromatic rings. The van der Waals surface area contributed by atoms with Gasteiger partial charge in [0.05, 0.1) is 13.2 Å². The normalized spacial score (nSPS) is 11.6. The fraction of sp³-hybridized carbons (Fsp3) is 0.278. The molecule has 22 heavy (non-hydrogen) atoms. The molecule has 0 aliphatic heterocycles. The maximum Gasteiger partial charge on any atom is 0.319 e. The number of hydrogen-bond acceptors (Lipinski definition) is 2. The van der Waals surface area contributed by atoms with E-state index in [2.05, 4.69) is 41.8 Å². The number of aryl methyl sites for hydroxylation is 1. The summed E-state index contributed by atoms with van der Waals surface area (Å²) in [5.41, 5.74) is 3.02. The van der Waals surface area contributed by atoms with Gasteiger partial charge in [0.1, 0.15) is 5.75 Å². The van der Waals surface area contributed by atoms with E-state index in [0.717, 1.165) is 12.0 Å². The summed E-state index contributed by atoms with van der Waals surface area (Å²) in [5, 5.41) is 5.83. The summed E-state index contributed by atoms with van der Waals surface area (Å²) >= 11 is 0. The van der Waals surface area contributed by atoms with Gasteiger partial charge in [-0.1, -0.05) is 42.8 Å². The van der Waals surface area contributed by atoms with Gasteiger partial charge >= 0.3 is 6.03 Å². The SMILES string of the molecule is CC[C@H](NC(=O)Nc1cccc(OC)c1)c1ccc(C)cc1. The van der Waals surface area contributed by atoms with E-state index in [-0.39, 0.29) is 12.1 Å². The lowest BCUT2D eigenvalue weighted by molar-refractivity contribution is 0.248. The smallest absolute Gasteiger partial charge is 0.319 e. The van der Waals surface area contributed by atoms with Crippen LogP contribution in [0.25, 0.3) is 0 Å². The van der Waals surface area contributed by atoms with E-state index >= 15 is 0 Å². The van der Waals surface area contributed by atoms with Crippen LogP contribution in [0.3, 0.4) is 0 Å². The highest BCUT2D eigenvalue weighted by molar-refractivity contribution is 5.89. The zero-order valence-corrected chi connectivity index (χ0v) is 13.2. The zero-order chi connectivity index (χ0) is 15.9. The Labute approximate surface area is 131 Å². The number of amides is 2. The number of benzene rings is 2. The van der Waals surface area contributed by atoms with Crippen molar-refractivity contribution in [2.24, 2.45) is 0 Å². The number of nitrogens with one attached hydrogen (secondary N) is 2. The highest BCUT2D eigenvalue weighted by Crippen LogP contribution is 2.19. The third-order valence-electron chi connectivity index (χ3n) is 3.52. The highest BCUT2D eigenvalue weighted by atomic mass is 16.5. The molecular weight excluding hydrogens is 276 g/mol. The fourth-order valence-electron chi connectivity index (χ4n) is 2.25. The van der Waals surface area contributed by atoms with Crippen molar-refractivity contribution in [3.05, 3.63) is 59.7 Å². The molecule has 0 saturated heterocycles. The van der Waals surface area contributed by atoms with Crippen molar-refractivity contribution in [3.8, 4) is 5.75 Å². The van der Waals surface area contributed by atoms with E-state index < -0.39 is 0 Å². The second-order valence-electron chi connectivity index (χ2n) is 5.20. The Bertz CT molecular complexity index is 623. The Hall–Kier alpha value is -2.49. The minimum absolute atomic E-state index is 0.00814. The average molecular weight is 298 g/mol. The maximum absolute atomic E-state index is 12.2. The van der Waals surface area contributed by atoms with Gasteiger partial charge in [-0.25, -0.2) is 4.79 Å². The minimum Gasteiger partial charge on any atom is -0.497 e. The molecular formula is C18H22N2O2. The van der Waals surface area contributed by atoms with Crippen LogP contribution in [0, 0.1) is 6.92 Å². The molecule has 0 unspecified atom stereocenters. The van der Waals surface area contributed by atoms with Crippen molar-refractivity contribution in [1.29, 1.82) is 0 Å². The average Bonchev–Trinajstić information content (AvgIpc) is 2.53. The number of methoxy groups -OCH3 is 1. The van der Waals surface area contributed by atoms with E-state index in [1.807, 2.05) is 25.1 Å². The lowest BCUT2D eigenvalue weighted by Gasteiger charge is -2.18. The number of ether oxygens (including phenoxy) is 1. The Morgan fingerprint density at radius 2 is 1.91 bits per heavy atom. The Morgan fingerprint density at radius 1 is 1.18 bits per heavy atom. The number of carbonyl (C=O) groups is 1. The van der Waals surface area contributed by atoms with Gasteiger partial charge in [0.25, 0.3) is 0 Å². The molecule has 0 aliphatic rings. The molecule has 0 heterocycles. The number of urea groups is 1. The van der Waals surface area contributed by atoms with Crippen LogP contribution in [0.1, 0.15) is 30.5 Å². The number of carbonyl (C=O) groups excluding carboxylic acids is 1. The van der Waals surface area contributed by atoms with Gasteiger partial charge in [0, 0.05) is 11.8 Å². The molecule has 4 nitrogen and oxygen atoms in total. The van der Waals surface area contributed by atoms with Gasteiger partial charge in [0.2, 0.25) is 0 Å². The molecule has 2 rings (SSSR count). The summed E-state index contributed by atoms with van der Waals surface area (Å²) in [4.78, 5) is 12.2. The fourth-order valence-corrected chi connectivity index (χ4v) is 2.25. The topological polar surface area (TPSA) is 50.4 Å². The third kappa shape index (κ3) is 4.25. The van der Waals surface area contributed by atoms with E-state index in [9.17, 15) is 4.79 Å². The van der Waals surface area contributed by atoms with Crippen LogP contribution in [-0.4, -0.2) is 13.1 Å². The molecule has 0 saturated carbocycles. The molecule has 0 aliphatic carbocycles. The zero-order valence-electron chi connectivity index (χ0n) is 13.2. The molecule has 0 aromatic heterocycles. The lowest BCUT2D eigenvalue weighted by Crippen LogP contribution is -2.32. The first kappa shape index (κ1) is 15.9. The van der Waals surface area contributed by atoms with Crippen LogP contribution in [0.2, 0.25) is 0 Å². The maximum atomic E-state index is 12.2. The van der Waals surface area contributed by atoms with Gasteiger partial charge in [0.15, 0.2) is 0 Å². The summed E-state index contributed by atoms with van der Waals surface area (Å²) in [7, 11) is 1.60. The quantitative estimate of drug-likeness (QED) is 0.865. The van der Waals surface area contributed by atoms with Crippen molar-refractivity contribution in [3.63, 3.8) is 0 Å². The van der Waals surface area contributed by atoms with E-state index in [4.69, 9.17) is 4.74 Å². The van der Waals surface area contributed by atoms with E-state index in [1.165, 1.54) is 5.56 Å². The van der Waals surface area contributed by atoms with Crippen molar-refractivity contribution < 1.29 is 9.53 Å². The molecule has 116 valence electrons. The largest absolute Gasteiger partial charge is 0.497 e. The molecule has 2 aromatic carbocycles. The summed E-state index contributed by atoms with van der Waals surface area (Å²) in [6.45, 7) is 4.10. The van der Waals surface area contributed by atoms with E-state index in [0.29, 0.717) is 11.4 Å². The second-order valence-corrected chi connectivity index (χ2v) is 5.20. The summed E-state index contributed by atoms with van der Waals surface area (Å²) in [6.07, 6.45) is 0.828. The monoisotopic (exact) mass is 298 g/mol. The van der Waals surface area contributed by atoms with Crippen molar-refractivity contribution in [2.75, 3.05) is 12.4 Å². The standard InChI is InChI=1S/C18H22N2O2/c1-4-17(14-10-8-13(2)9-11-14)20-18(21)19-15-6-5-7-16(12-15)22-3/h5-12,17H,4H2,1-3H3,(H2,19,20,21)/t17-/m0/s1. The Kier molecular flexibility index (Phi) is 5.42. The van der Waals surface area contributed by atoms with Gasteiger partial charge in [-0.15, -0.1) is 0 Å². The molecule has 0 fully saturated rings. The van der Waals surface area contributed by atoms with Gasteiger partial charge < -0.3 is 15.4 Å². The van der Waals surface area contributed by atoms with Crippen molar-refractivity contribution in [1.82, 2.24) is 5.32 Å². The summed E-state index contributed by atoms with van der Waals surface area (Å²) in [5.74, 6) is 0.711. The van der Waals surface area contributed by atoms with Crippen LogP contribution >= 0.6 is 0 Å². The molecule has 2 amide bonds. The first-order valence-corrected chi connectivity index (χ1v) is 7.40. The molecule has 4 heteroatoms. The lowest BCUT2D eigenvalue weighted by atomic mass is 10.0. The van der Waals surface area contributed by atoms with Crippen LogP contribution in [0.5, 0.6) is 5.75 Å². The molecule has 0 radical (unpaired) electrons. The van der Waals surface area contributed by atoms with Crippen molar-refractivity contribution in [2.45, 2.75) is 26.3 Å². The number of hydrogen-bond donors (Lipinski definition) is 2. The molecule has 2 N–H and O–H groups in total. The Morgan fingerprint density at radius 3 is 2.55 bits per heavy atom. The van der Waals surface area contributed by atoms with Crippen LogP contribution in [0.15, 0.2) is 48.5 Å². The Balaban J connectivity index is 2.01. The number of anilines is 1. The predicted octanol–water partition coefficient (Wildman–Crippen LogP) is 4.28. The molecule has 0 spiro atoms. The van der Waals surface area contributed by atoms with Gasteiger partial charge in [-0.05, 0) is 31.0 Å². The number of rotatable bonds is 5. The summed E-state index contributed by atoms with van der Waals surface area (Å²) < 4.78 is 5.15. The summed E-state index contributed by atoms with van der Waals surface area (Å²) in [6, 6.07) is 15.3. The van der Waals surface area contributed by atoms with Crippen LogP contribution < -0.4 is 15.4 Å². The van der Waals surface area contributed by atoms with Gasteiger partial charge in [-0.3, -0.25) is 0 Å². The van der Waals surface area contributed by atoms with Crippen molar-refractivity contribution >= 4 is 11.7 Å². The first-order valence-electron chi connectivity index (χ1n) is 7.40. The van der Waals surface area contributed by atoms with E-state index in [1.54, 1.807) is 13.2 Å². The highest BCUT2D eigenvalue weighted by Gasteiger charge is 2.12. The third-order valence-corrected chi connectivity index (χ3v) is 3.52. The second kappa shape index (κ2) is 7.50. The van der Waals surface area contributed by atoms with Crippen LogP contribution in [-0.2, 0) is 0 Å². The van der Waals surface area contributed by atoms with Gasteiger partial charge in [-0.2, -0.15) is 0 Å². The molecule has 1 atom stereocenters. The minimum atomic E-state index is -0.222. The predicted molar refractivity (Wildman–Crippen MR) is 89.4 cm³/mol. The molecule has 0 bridgehead atoms.